The van der Waals surface area contributed by atoms with E-state index in [2.05, 4.69) is 40.4 Å². The zero-order valence-electron chi connectivity index (χ0n) is 9.57. The van der Waals surface area contributed by atoms with Crippen molar-refractivity contribution in [3.8, 4) is 0 Å². The van der Waals surface area contributed by atoms with Crippen LogP contribution in [-0.2, 0) is 0 Å². The first-order valence-corrected chi connectivity index (χ1v) is 5.48. The lowest BCUT2D eigenvalue weighted by atomic mass is 10.1. The van der Waals surface area contributed by atoms with Gasteiger partial charge in [-0.1, -0.05) is 13.0 Å². The first kappa shape index (κ1) is 10.7. The van der Waals surface area contributed by atoms with E-state index in [4.69, 9.17) is 0 Å². The highest BCUT2D eigenvalue weighted by Gasteiger charge is 2.11. The molecule has 0 aliphatic heterocycles. The number of hydrogen-bond acceptors (Lipinski definition) is 3. The molecule has 0 radical (unpaired) electrons. The Morgan fingerprint density at radius 3 is 3.00 bits per heavy atom. The largest absolute Gasteiger partial charge is 0.363 e. The fourth-order valence-electron chi connectivity index (χ4n) is 1.67. The number of aromatic nitrogens is 3. The molecule has 0 aromatic carbocycles. The maximum Gasteiger partial charge on any atom is 0.129 e. The monoisotopic (exact) mass is 216 g/mol. The fourth-order valence-corrected chi connectivity index (χ4v) is 1.67. The summed E-state index contributed by atoms with van der Waals surface area (Å²) < 4.78 is 0. The quantitative estimate of drug-likeness (QED) is 0.826. The number of nitrogens with zero attached hydrogens (tertiary/aromatic N) is 2. The maximum absolute atomic E-state index is 4.33. The van der Waals surface area contributed by atoms with Gasteiger partial charge in [0.1, 0.15) is 5.82 Å². The summed E-state index contributed by atoms with van der Waals surface area (Å²) in [7, 11) is 0. The van der Waals surface area contributed by atoms with E-state index >= 15 is 0 Å². The van der Waals surface area contributed by atoms with Gasteiger partial charge in [-0.3, -0.25) is 5.10 Å². The highest BCUT2D eigenvalue weighted by atomic mass is 15.1. The normalized spacial score (nSPS) is 12.4. The summed E-state index contributed by atoms with van der Waals surface area (Å²) in [6.45, 7) is 4.19. The van der Waals surface area contributed by atoms with Gasteiger partial charge in [0.2, 0.25) is 0 Å². The molecule has 2 aromatic heterocycles. The van der Waals surface area contributed by atoms with E-state index < -0.39 is 0 Å². The molecule has 0 amide bonds. The van der Waals surface area contributed by atoms with Gasteiger partial charge in [0.05, 0.1) is 12.2 Å². The molecule has 2 N–H and O–H groups in total. The zero-order valence-corrected chi connectivity index (χ0v) is 9.57. The van der Waals surface area contributed by atoms with E-state index in [-0.39, 0.29) is 6.04 Å². The van der Waals surface area contributed by atoms with E-state index in [1.807, 2.05) is 18.5 Å². The van der Waals surface area contributed by atoms with Crippen molar-refractivity contribution in [2.75, 3.05) is 5.32 Å². The van der Waals surface area contributed by atoms with Crippen LogP contribution in [0.5, 0.6) is 0 Å². The van der Waals surface area contributed by atoms with Crippen LogP contribution in [0.3, 0.4) is 0 Å². The van der Waals surface area contributed by atoms with Crippen LogP contribution in [-0.4, -0.2) is 15.2 Å². The molecule has 0 fully saturated rings. The van der Waals surface area contributed by atoms with Gasteiger partial charge in [0.15, 0.2) is 0 Å². The van der Waals surface area contributed by atoms with Crippen molar-refractivity contribution in [3.63, 3.8) is 0 Å². The van der Waals surface area contributed by atoms with Crippen molar-refractivity contribution in [1.29, 1.82) is 0 Å². The van der Waals surface area contributed by atoms with Gasteiger partial charge in [0, 0.05) is 18.0 Å². The smallest absolute Gasteiger partial charge is 0.129 e. The first-order valence-electron chi connectivity index (χ1n) is 5.48. The molecule has 16 heavy (non-hydrogen) atoms. The Bertz CT molecular complexity index is 436. The molecular formula is C12H16N4. The predicted octanol–water partition coefficient (Wildman–Crippen LogP) is 2.68. The lowest BCUT2D eigenvalue weighted by molar-refractivity contribution is 0.744. The third-order valence-corrected chi connectivity index (χ3v) is 2.65. The second kappa shape index (κ2) is 4.79. The molecule has 0 spiro atoms. The Morgan fingerprint density at radius 2 is 2.38 bits per heavy atom. The standard InChI is InChI=1S/C12H16N4/c1-3-11(10-7-14-15-8-10)16-12-9(2)5-4-6-13-12/h4-8,11H,3H2,1-2H3,(H,13,16)(H,14,15). The van der Waals surface area contributed by atoms with Crippen LogP contribution in [0.4, 0.5) is 5.82 Å². The molecule has 1 unspecified atom stereocenters. The van der Waals surface area contributed by atoms with E-state index in [0.717, 1.165) is 23.4 Å². The van der Waals surface area contributed by atoms with Crippen molar-refractivity contribution in [3.05, 3.63) is 41.9 Å². The highest BCUT2D eigenvalue weighted by Crippen LogP contribution is 2.21. The molecular weight excluding hydrogens is 200 g/mol. The average Bonchev–Trinajstić information content (AvgIpc) is 2.81. The molecule has 2 aromatic rings. The van der Waals surface area contributed by atoms with Crippen LogP contribution in [0.25, 0.3) is 0 Å². The summed E-state index contributed by atoms with van der Waals surface area (Å²) in [4.78, 5) is 4.33. The Morgan fingerprint density at radius 1 is 1.50 bits per heavy atom. The minimum absolute atomic E-state index is 0.257. The van der Waals surface area contributed by atoms with Crippen molar-refractivity contribution in [2.45, 2.75) is 26.3 Å². The lowest BCUT2D eigenvalue weighted by Crippen LogP contribution is -2.10. The van der Waals surface area contributed by atoms with Gasteiger partial charge in [-0.2, -0.15) is 5.10 Å². The molecule has 0 aliphatic carbocycles. The van der Waals surface area contributed by atoms with Crippen LogP contribution in [0.1, 0.15) is 30.5 Å². The maximum atomic E-state index is 4.33. The zero-order chi connectivity index (χ0) is 11.4. The molecule has 4 nitrogen and oxygen atoms in total. The summed E-state index contributed by atoms with van der Waals surface area (Å²) in [6, 6.07) is 4.25. The summed E-state index contributed by atoms with van der Waals surface area (Å²) >= 11 is 0. The lowest BCUT2D eigenvalue weighted by Gasteiger charge is -2.17. The third-order valence-electron chi connectivity index (χ3n) is 2.65. The van der Waals surface area contributed by atoms with Crippen molar-refractivity contribution in [2.24, 2.45) is 0 Å². The molecule has 0 bridgehead atoms. The van der Waals surface area contributed by atoms with Crippen molar-refractivity contribution >= 4 is 5.82 Å². The second-order valence-electron chi connectivity index (χ2n) is 3.81. The molecule has 0 saturated heterocycles. The van der Waals surface area contributed by atoms with E-state index in [1.165, 1.54) is 0 Å². The van der Waals surface area contributed by atoms with Crippen molar-refractivity contribution in [1.82, 2.24) is 15.2 Å². The topological polar surface area (TPSA) is 53.6 Å². The van der Waals surface area contributed by atoms with Gasteiger partial charge >= 0.3 is 0 Å². The van der Waals surface area contributed by atoms with Gasteiger partial charge in [-0.15, -0.1) is 0 Å². The Balaban J connectivity index is 2.17. The van der Waals surface area contributed by atoms with Gasteiger partial charge in [-0.25, -0.2) is 4.98 Å². The Hall–Kier alpha value is -1.84. The Kier molecular flexibility index (Phi) is 3.19. The van der Waals surface area contributed by atoms with Gasteiger partial charge in [-0.05, 0) is 25.0 Å². The van der Waals surface area contributed by atoms with Crippen LogP contribution < -0.4 is 5.32 Å². The molecule has 2 rings (SSSR count). The van der Waals surface area contributed by atoms with E-state index in [0.29, 0.717) is 0 Å². The summed E-state index contributed by atoms with van der Waals surface area (Å²) in [6.07, 6.45) is 6.56. The van der Waals surface area contributed by atoms with Gasteiger partial charge in [0.25, 0.3) is 0 Å². The van der Waals surface area contributed by atoms with Crippen molar-refractivity contribution < 1.29 is 0 Å². The number of anilines is 1. The van der Waals surface area contributed by atoms with E-state index in [9.17, 15) is 0 Å². The molecule has 1 atom stereocenters. The number of aryl methyl sites for hydroxylation is 1. The molecule has 4 heteroatoms. The number of pyridine rings is 1. The summed E-state index contributed by atoms with van der Waals surface area (Å²) in [5.41, 5.74) is 2.32. The number of nitrogens with one attached hydrogen (secondary N) is 2. The van der Waals surface area contributed by atoms with E-state index in [1.54, 1.807) is 6.20 Å². The highest BCUT2D eigenvalue weighted by molar-refractivity contribution is 5.44. The number of rotatable bonds is 4. The minimum atomic E-state index is 0.257. The average molecular weight is 216 g/mol. The molecule has 0 aliphatic rings. The third kappa shape index (κ3) is 2.21. The molecule has 0 saturated carbocycles. The van der Waals surface area contributed by atoms with Crippen LogP contribution in [0.2, 0.25) is 0 Å². The van der Waals surface area contributed by atoms with Crippen LogP contribution in [0, 0.1) is 6.92 Å². The second-order valence-corrected chi connectivity index (χ2v) is 3.81. The van der Waals surface area contributed by atoms with Crippen LogP contribution in [0.15, 0.2) is 30.7 Å². The first-order chi connectivity index (χ1) is 7.81. The summed E-state index contributed by atoms with van der Waals surface area (Å²) in [5.74, 6) is 0.940. The predicted molar refractivity (Wildman–Crippen MR) is 64.2 cm³/mol. The fraction of sp³-hybridized carbons (Fsp3) is 0.333. The minimum Gasteiger partial charge on any atom is -0.363 e. The number of aromatic amines is 1. The molecule has 2 heterocycles. The SMILES string of the molecule is CCC(Nc1ncccc1C)c1cn[nH]c1. The summed E-state index contributed by atoms with van der Waals surface area (Å²) in [5, 5.41) is 10.2. The Labute approximate surface area is 95.1 Å². The van der Waals surface area contributed by atoms with Crippen LogP contribution >= 0.6 is 0 Å². The van der Waals surface area contributed by atoms with Gasteiger partial charge < -0.3 is 5.32 Å². The molecule has 84 valence electrons. The number of hydrogen-bond donors (Lipinski definition) is 2. The number of H-pyrrole nitrogens is 1.